The van der Waals surface area contributed by atoms with Crippen LogP contribution in [0.3, 0.4) is 0 Å². The van der Waals surface area contributed by atoms with Crippen LogP contribution in [0.4, 0.5) is 5.69 Å². The van der Waals surface area contributed by atoms with E-state index >= 15 is 0 Å². The Labute approximate surface area is 115 Å². The van der Waals surface area contributed by atoms with Crippen molar-refractivity contribution in [2.24, 2.45) is 0 Å². The molecule has 0 aromatic heterocycles. The minimum atomic E-state index is -3.21. The van der Waals surface area contributed by atoms with Gasteiger partial charge in [-0.15, -0.1) is 0 Å². The fourth-order valence-corrected chi connectivity index (χ4v) is 3.57. The summed E-state index contributed by atoms with van der Waals surface area (Å²) in [6.07, 6.45) is 2.98. The lowest BCUT2D eigenvalue weighted by Gasteiger charge is -2.22. The van der Waals surface area contributed by atoms with E-state index in [1.807, 2.05) is 24.3 Å². The van der Waals surface area contributed by atoms with Crippen LogP contribution in [0, 0.1) is 0 Å². The van der Waals surface area contributed by atoms with Crippen molar-refractivity contribution >= 4 is 15.7 Å². The summed E-state index contributed by atoms with van der Waals surface area (Å²) in [5, 5.41) is -0.389. The number of anilines is 1. The standard InChI is InChI=1S/C14H22N2O2S/c1-10(2)19(17,18)16-14-5-3-4-13(14)11-6-8-12(15)9-7-11/h6-10,13-14,16H,3-5,15H2,1-2H3/t13-,14-/m0/s1. The molecule has 0 bridgehead atoms. The first-order valence-electron chi connectivity index (χ1n) is 6.77. The van der Waals surface area contributed by atoms with Gasteiger partial charge in [-0.25, -0.2) is 13.1 Å². The van der Waals surface area contributed by atoms with Gasteiger partial charge in [0, 0.05) is 17.6 Å². The Bertz CT molecular complexity index is 523. The zero-order valence-corrected chi connectivity index (χ0v) is 12.3. The van der Waals surface area contributed by atoms with Gasteiger partial charge in [-0.3, -0.25) is 0 Å². The largest absolute Gasteiger partial charge is 0.399 e. The molecule has 4 nitrogen and oxygen atoms in total. The summed E-state index contributed by atoms with van der Waals surface area (Å²) in [6.45, 7) is 3.41. The fraction of sp³-hybridized carbons (Fsp3) is 0.571. The second-order valence-electron chi connectivity index (χ2n) is 5.52. The first-order chi connectivity index (χ1) is 8.90. The van der Waals surface area contributed by atoms with Gasteiger partial charge in [0.05, 0.1) is 5.25 Å². The SMILES string of the molecule is CC(C)S(=O)(=O)N[C@H]1CCC[C@H]1c1ccc(N)cc1. The molecule has 106 valence electrons. The number of benzene rings is 1. The van der Waals surface area contributed by atoms with Crippen molar-refractivity contribution in [1.82, 2.24) is 4.72 Å². The van der Waals surface area contributed by atoms with Crippen molar-refractivity contribution in [3.8, 4) is 0 Å². The molecule has 5 heteroatoms. The molecule has 2 rings (SSSR count). The molecule has 1 aromatic carbocycles. The van der Waals surface area contributed by atoms with Crippen molar-refractivity contribution in [3.05, 3.63) is 29.8 Å². The number of nitrogens with one attached hydrogen (secondary N) is 1. The average Bonchev–Trinajstić information content (AvgIpc) is 2.77. The molecule has 0 radical (unpaired) electrons. The summed E-state index contributed by atoms with van der Waals surface area (Å²) in [5.41, 5.74) is 7.60. The molecular formula is C14H22N2O2S. The Hall–Kier alpha value is -1.07. The zero-order valence-electron chi connectivity index (χ0n) is 11.5. The summed E-state index contributed by atoms with van der Waals surface area (Å²) in [7, 11) is -3.21. The Morgan fingerprint density at radius 2 is 1.84 bits per heavy atom. The number of nitrogen functional groups attached to an aromatic ring is 1. The van der Waals surface area contributed by atoms with E-state index in [0.29, 0.717) is 0 Å². The number of nitrogens with two attached hydrogens (primary N) is 1. The Morgan fingerprint density at radius 3 is 2.42 bits per heavy atom. The van der Waals surface area contributed by atoms with Crippen LogP contribution in [0.15, 0.2) is 24.3 Å². The van der Waals surface area contributed by atoms with Crippen LogP contribution < -0.4 is 10.5 Å². The number of hydrogen-bond donors (Lipinski definition) is 2. The molecule has 1 saturated carbocycles. The molecule has 1 aromatic rings. The third-order valence-electron chi connectivity index (χ3n) is 3.82. The van der Waals surface area contributed by atoms with E-state index < -0.39 is 10.0 Å². The highest BCUT2D eigenvalue weighted by atomic mass is 32.2. The van der Waals surface area contributed by atoms with Gasteiger partial charge >= 0.3 is 0 Å². The van der Waals surface area contributed by atoms with Gasteiger partial charge in [-0.1, -0.05) is 18.6 Å². The molecule has 0 spiro atoms. The van der Waals surface area contributed by atoms with Crippen molar-refractivity contribution < 1.29 is 8.42 Å². The Kier molecular flexibility index (Phi) is 4.16. The van der Waals surface area contributed by atoms with Crippen molar-refractivity contribution in [2.75, 3.05) is 5.73 Å². The van der Waals surface area contributed by atoms with E-state index in [4.69, 9.17) is 5.73 Å². The Balaban J connectivity index is 2.15. The molecule has 2 atom stereocenters. The minimum absolute atomic E-state index is 0.0102. The maximum absolute atomic E-state index is 12.0. The number of rotatable bonds is 4. The van der Waals surface area contributed by atoms with E-state index in [0.717, 1.165) is 24.9 Å². The van der Waals surface area contributed by atoms with Crippen LogP contribution in [-0.2, 0) is 10.0 Å². The molecule has 1 fully saturated rings. The molecule has 0 saturated heterocycles. The second-order valence-corrected chi connectivity index (χ2v) is 7.79. The predicted octanol–water partition coefficient (Wildman–Crippen LogP) is 2.23. The topological polar surface area (TPSA) is 72.2 Å². The molecule has 1 aliphatic carbocycles. The van der Waals surface area contributed by atoms with Gasteiger partial charge in [0.2, 0.25) is 10.0 Å². The van der Waals surface area contributed by atoms with E-state index in [1.54, 1.807) is 13.8 Å². The highest BCUT2D eigenvalue weighted by Gasteiger charge is 2.32. The predicted molar refractivity (Wildman–Crippen MR) is 78.4 cm³/mol. The lowest BCUT2D eigenvalue weighted by Crippen LogP contribution is -2.40. The molecular weight excluding hydrogens is 260 g/mol. The van der Waals surface area contributed by atoms with Gasteiger partial charge in [0.15, 0.2) is 0 Å². The van der Waals surface area contributed by atoms with E-state index in [9.17, 15) is 8.42 Å². The quantitative estimate of drug-likeness (QED) is 0.832. The van der Waals surface area contributed by atoms with Gasteiger partial charge in [-0.2, -0.15) is 0 Å². The summed E-state index contributed by atoms with van der Waals surface area (Å²) < 4.78 is 26.8. The molecule has 1 aliphatic rings. The zero-order chi connectivity index (χ0) is 14.0. The first-order valence-corrected chi connectivity index (χ1v) is 8.31. The van der Waals surface area contributed by atoms with Crippen molar-refractivity contribution in [2.45, 2.75) is 50.3 Å². The molecule has 3 N–H and O–H groups in total. The van der Waals surface area contributed by atoms with Crippen LogP contribution in [0.1, 0.15) is 44.6 Å². The van der Waals surface area contributed by atoms with E-state index in [-0.39, 0.29) is 17.2 Å². The third kappa shape index (κ3) is 3.28. The normalized spacial score (nSPS) is 23.9. The van der Waals surface area contributed by atoms with Crippen molar-refractivity contribution in [3.63, 3.8) is 0 Å². The highest BCUT2D eigenvalue weighted by molar-refractivity contribution is 7.90. The second kappa shape index (κ2) is 5.51. The van der Waals surface area contributed by atoms with Gasteiger partial charge in [-0.05, 0) is 44.4 Å². The molecule has 0 amide bonds. The maximum atomic E-state index is 12.0. The number of hydrogen-bond acceptors (Lipinski definition) is 3. The van der Waals surface area contributed by atoms with E-state index in [1.165, 1.54) is 5.56 Å². The Morgan fingerprint density at radius 1 is 1.21 bits per heavy atom. The molecule has 0 heterocycles. The fourth-order valence-electron chi connectivity index (χ4n) is 2.59. The average molecular weight is 282 g/mol. The summed E-state index contributed by atoms with van der Waals surface area (Å²) in [4.78, 5) is 0. The van der Waals surface area contributed by atoms with Gasteiger partial charge in [0.1, 0.15) is 0 Å². The van der Waals surface area contributed by atoms with Crippen molar-refractivity contribution in [1.29, 1.82) is 0 Å². The number of sulfonamides is 1. The summed E-state index contributed by atoms with van der Waals surface area (Å²) in [5.74, 6) is 0.258. The van der Waals surface area contributed by atoms with Crippen LogP contribution in [0.25, 0.3) is 0 Å². The smallest absolute Gasteiger partial charge is 0.214 e. The maximum Gasteiger partial charge on any atom is 0.214 e. The van der Waals surface area contributed by atoms with E-state index in [2.05, 4.69) is 4.72 Å². The monoisotopic (exact) mass is 282 g/mol. The molecule has 0 aliphatic heterocycles. The first kappa shape index (κ1) is 14.3. The summed E-state index contributed by atoms with van der Waals surface area (Å²) >= 11 is 0. The minimum Gasteiger partial charge on any atom is -0.399 e. The highest BCUT2D eigenvalue weighted by Crippen LogP contribution is 2.35. The van der Waals surface area contributed by atoms with Crippen LogP contribution >= 0.6 is 0 Å². The lowest BCUT2D eigenvalue weighted by atomic mass is 9.94. The lowest BCUT2D eigenvalue weighted by molar-refractivity contribution is 0.519. The van der Waals surface area contributed by atoms with Gasteiger partial charge < -0.3 is 5.73 Å². The van der Waals surface area contributed by atoms with Gasteiger partial charge in [0.25, 0.3) is 0 Å². The summed E-state index contributed by atoms with van der Waals surface area (Å²) in [6, 6.07) is 7.77. The third-order valence-corrected chi connectivity index (χ3v) is 5.69. The van der Waals surface area contributed by atoms with Crippen LogP contribution in [0.5, 0.6) is 0 Å². The van der Waals surface area contributed by atoms with Crippen LogP contribution in [-0.4, -0.2) is 19.7 Å². The molecule has 0 unspecified atom stereocenters. The van der Waals surface area contributed by atoms with Crippen LogP contribution in [0.2, 0.25) is 0 Å². The molecule has 19 heavy (non-hydrogen) atoms.